The predicted molar refractivity (Wildman–Crippen MR) is 138 cm³/mol. The van der Waals surface area contributed by atoms with E-state index in [1.807, 2.05) is 31.2 Å². The number of rotatable bonds is 5. The van der Waals surface area contributed by atoms with E-state index in [1.54, 1.807) is 18.5 Å². The molecule has 1 unspecified atom stereocenters. The average molecular weight is 482 g/mol. The molecule has 0 bridgehead atoms. The van der Waals surface area contributed by atoms with Crippen LogP contribution < -0.4 is 20.5 Å². The molecule has 8 nitrogen and oxygen atoms in total. The molecule has 6 rings (SSSR count). The third-order valence-corrected chi connectivity index (χ3v) is 6.62. The summed E-state index contributed by atoms with van der Waals surface area (Å²) in [5.41, 5.74) is 6.09. The maximum atomic E-state index is 11.8. The first-order valence-corrected chi connectivity index (χ1v) is 12.1. The minimum atomic E-state index is -0.146. The number of anilines is 2. The molecule has 2 aliphatic rings. The number of nitrogens with one attached hydrogen (secondary N) is 2. The molecule has 0 amide bonds. The fraction of sp³-hybridized carbons (Fsp3) is 0.250. The first-order valence-electron chi connectivity index (χ1n) is 12.1. The van der Waals surface area contributed by atoms with Crippen molar-refractivity contribution in [3.8, 4) is 11.5 Å². The maximum absolute atomic E-state index is 11.8. The number of pyridine rings is 1. The van der Waals surface area contributed by atoms with Crippen LogP contribution in [0, 0.1) is 6.92 Å². The van der Waals surface area contributed by atoms with E-state index in [2.05, 4.69) is 49.4 Å². The third-order valence-electron chi connectivity index (χ3n) is 6.62. The van der Waals surface area contributed by atoms with Crippen LogP contribution in [0.15, 0.2) is 71.8 Å². The Morgan fingerprint density at radius 1 is 1.14 bits per heavy atom. The predicted octanol–water partition coefficient (Wildman–Crippen LogP) is 4.36. The maximum Gasteiger partial charge on any atom is 0.249 e. The van der Waals surface area contributed by atoms with Gasteiger partial charge in [-0.25, -0.2) is 9.97 Å². The largest absolute Gasteiger partial charge is 0.456 e. The number of fused-ring (bicyclic) bond motifs is 2. The zero-order valence-corrected chi connectivity index (χ0v) is 20.0. The Hall–Kier alpha value is -4.17. The molecule has 1 fully saturated rings. The SMILES string of the molecule is Cc1nccc(CNc2ccc3c(c2)Cc2cccc(C4CN(c5cc[nH]c(=O)c5)CCO4)c2O3)n1. The number of para-hydroxylation sites is 1. The molecule has 1 saturated heterocycles. The van der Waals surface area contributed by atoms with Crippen LogP contribution in [0.3, 0.4) is 0 Å². The van der Waals surface area contributed by atoms with E-state index in [0.29, 0.717) is 19.7 Å². The van der Waals surface area contributed by atoms with Gasteiger partial charge in [0.05, 0.1) is 18.8 Å². The molecular weight excluding hydrogens is 454 g/mol. The van der Waals surface area contributed by atoms with Crippen LogP contribution in [0.5, 0.6) is 11.5 Å². The molecule has 2 N–H and O–H groups in total. The molecule has 4 heterocycles. The Balaban J connectivity index is 1.20. The Bertz CT molecular complexity index is 1470. The minimum Gasteiger partial charge on any atom is -0.456 e. The fourth-order valence-corrected chi connectivity index (χ4v) is 4.86. The molecule has 2 aliphatic heterocycles. The van der Waals surface area contributed by atoms with Crippen molar-refractivity contribution in [2.75, 3.05) is 29.9 Å². The van der Waals surface area contributed by atoms with Gasteiger partial charge in [0.15, 0.2) is 0 Å². The van der Waals surface area contributed by atoms with Gasteiger partial charge >= 0.3 is 0 Å². The van der Waals surface area contributed by atoms with E-state index >= 15 is 0 Å². The van der Waals surface area contributed by atoms with Crippen molar-refractivity contribution >= 4 is 11.4 Å². The van der Waals surface area contributed by atoms with Gasteiger partial charge in [-0.05, 0) is 42.8 Å². The second-order valence-electron chi connectivity index (χ2n) is 9.10. The standard InChI is InChI=1S/C28H27N5O3/c1-18-29-9-7-22(32-18)16-31-21-5-6-25-20(14-21)13-19-3-2-4-24(28(19)36-25)26-17-33(11-12-35-26)23-8-10-30-27(34)15-23/h2-10,14-15,26,31H,11-13,16-17H2,1H3,(H,30,34). The molecule has 36 heavy (non-hydrogen) atoms. The summed E-state index contributed by atoms with van der Waals surface area (Å²) >= 11 is 0. The van der Waals surface area contributed by atoms with Crippen molar-refractivity contribution in [3.05, 3.63) is 106 Å². The Morgan fingerprint density at radius 3 is 2.97 bits per heavy atom. The van der Waals surface area contributed by atoms with Gasteiger partial charge in [0, 0.05) is 60.5 Å². The van der Waals surface area contributed by atoms with Crippen LogP contribution in [-0.4, -0.2) is 34.6 Å². The fourth-order valence-electron chi connectivity index (χ4n) is 4.86. The smallest absolute Gasteiger partial charge is 0.249 e. The quantitative estimate of drug-likeness (QED) is 0.385. The van der Waals surface area contributed by atoms with Crippen LogP contribution in [0.4, 0.5) is 11.4 Å². The topological polar surface area (TPSA) is 92.4 Å². The summed E-state index contributed by atoms with van der Waals surface area (Å²) in [5, 5.41) is 3.45. The number of ether oxygens (including phenoxy) is 2. The molecular formula is C28H27N5O3. The van der Waals surface area contributed by atoms with Crippen LogP contribution in [0.25, 0.3) is 0 Å². The number of aromatic nitrogens is 3. The van der Waals surface area contributed by atoms with E-state index in [9.17, 15) is 4.79 Å². The van der Waals surface area contributed by atoms with Gasteiger partial charge < -0.3 is 24.7 Å². The van der Waals surface area contributed by atoms with Gasteiger partial charge in [-0.1, -0.05) is 18.2 Å². The zero-order valence-electron chi connectivity index (χ0n) is 20.0. The highest BCUT2D eigenvalue weighted by Gasteiger charge is 2.28. The zero-order chi connectivity index (χ0) is 24.5. The molecule has 0 aliphatic carbocycles. The Morgan fingerprint density at radius 2 is 2.08 bits per heavy atom. The van der Waals surface area contributed by atoms with Gasteiger partial charge in [-0.15, -0.1) is 0 Å². The molecule has 2 aromatic heterocycles. The van der Waals surface area contributed by atoms with Gasteiger partial charge in [-0.2, -0.15) is 0 Å². The third kappa shape index (κ3) is 4.55. The lowest BCUT2D eigenvalue weighted by atomic mass is 9.95. The second kappa shape index (κ2) is 9.47. The number of aromatic amines is 1. The first kappa shape index (κ1) is 22.3. The van der Waals surface area contributed by atoms with Crippen molar-refractivity contribution in [1.82, 2.24) is 15.0 Å². The highest BCUT2D eigenvalue weighted by atomic mass is 16.5. The van der Waals surface area contributed by atoms with Gasteiger partial charge in [0.2, 0.25) is 5.56 Å². The number of benzene rings is 2. The van der Waals surface area contributed by atoms with Crippen molar-refractivity contribution in [1.29, 1.82) is 0 Å². The van der Waals surface area contributed by atoms with Crippen LogP contribution >= 0.6 is 0 Å². The first-order chi connectivity index (χ1) is 17.6. The summed E-state index contributed by atoms with van der Waals surface area (Å²) in [6.45, 7) is 4.50. The van der Waals surface area contributed by atoms with Crippen LogP contribution in [0.2, 0.25) is 0 Å². The molecule has 0 radical (unpaired) electrons. The van der Waals surface area contributed by atoms with Gasteiger partial charge in [0.25, 0.3) is 0 Å². The molecule has 0 saturated carbocycles. The minimum absolute atomic E-state index is 0.103. The lowest BCUT2D eigenvalue weighted by molar-refractivity contribution is 0.0384. The normalized spacial score (nSPS) is 16.6. The monoisotopic (exact) mass is 481 g/mol. The summed E-state index contributed by atoms with van der Waals surface area (Å²) < 4.78 is 12.6. The molecule has 182 valence electrons. The second-order valence-corrected chi connectivity index (χ2v) is 9.10. The lowest BCUT2D eigenvalue weighted by Crippen LogP contribution is -2.39. The summed E-state index contributed by atoms with van der Waals surface area (Å²) in [4.78, 5) is 25.3. The number of nitrogens with zero attached hydrogens (tertiary/aromatic N) is 3. The Kier molecular flexibility index (Phi) is 5.87. The lowest BCUT2D eigenvalue weighted by Gasteiger charge is -2.36. The number of H-pyrrole nitrogens is 1. The Labute approximate surface area is 209 Å². The van der Waals surface area contributed by atoms with E-state index < -0.39 is 0 Å². The summed E-state index contributed by atoms with van der Waals surface area (Å²) in [6, 6.07) is 17.9. The van der Waals surface area contributed by atoms with Gasteiger partial charge in [0.1, 0.15) is 23.4 Å². The highest BCUT2D eigenvalue weighted by Crippen LogP contribution is 2.43. The van der Waals surface area contributed by atoms with Crippen LogP contribution in [-0.2, 0) is 17.7 Å². The van der Waals surface area contributed by atoms with Crippen molar-refractivity contribution in [2.45, 2.75) is 26.0 Å². The number of aryl methyl sites for hydroxylation is 1. The number of hydrogen-bond acceptors (Lipinski definition) is 7. The number of hydrogen-bond donors (Lipinski definition) is 2. The van der Waals surface area contributed by atoms with Crippen molar-refractivity contribution in [3.63, 3.8) is 0 Å². The van der Waals surface area contributed by atoms with Crippen LogP contribution in [0.1, 0.15) is 34.3 Å². The van der Waals surface area contributed by atoms with E-state index in [1.165, 1.54) is 0 Å². The molecule has 8 heteroatoms. The van der Waals surface area contributed by atoms with E-state index in [4.69, 9.17) is 9.47 Å². The molecule has 2 aromatic carbocycles. The summed E-state index contributed by atoms with van der Waals surface area (Å²) in [7, 11) is 0. The average Bonchev–Trinajstić information content (AvgIpc) is 2.90. The molecule has 0 spiro atoms. The molecule has 4 aromatic rings. The van der Waals surface area contributed by atoms with Crippen molar-refractivity contribution in [2.24, 2.45) is 0 Å². The summed E-state index contributed by atoms with van der Waals surface area (Å²) in [6.07, 6.45) is 4.10. The highest BCUT2D eigenvalue weighted by molar-refractivity contribution is 5.59. The molecule has 1 atom stereocenters. The van der Waals surface area contributed by atoms with Crippen molar-refractivity contribution < 1.29 is 9.47 Å². The summed E-state index contributed by atoms with van der Waals surface area (Å²) in [5.74, 6) is 2.50. The van der Waals surface area contributed by atoms with E-state index in [0.717, 1.165) is 64.0 Å². The number of morpholine rings is 1. The van der Waals surface area contributed by atoms with Gasteiger partial charge in [-0.3, -0.25) is 4.79 Å². The van der Waals surface area contributed by atoms with E-state index in [-0.39, 0.29) is 11.7 Å².